The molecule has 0 aliphatic rings. The van der Waals surface area contributed by atoms with Gasteiger partial charge in [0.25, 0.3) is 5.91 Å². The van der Waals surface area contributed by atoms with E-state index in [2.05, 4.69) is 5.32 Å². The van der Waals surface area contributed by atoms with Gasteiger partial charge in [0.1, 0.15) is 5.25 Å². The largest absolute Gasteiger partial charge is 0.416 e. The zero-order valence-electron chi connectivity index (χ0n) is 14.9. The molecular formula is C20H16F3NO3S2. The predicted molar refractivity (Wildman–Crippen MR) is 104 cm³/mol. The number of nitrogens with one attached hydrogen (secondary N) is 1. The SMILES string of the molecule is O=C(NC[C@H](c1cccs1)S(=O)(=O)c1ccccc1)c1ccc(C(F)(F)F)cc1. The number of rotatable bonds is 6. The van der Waals surface area contributed by atoms with Crippen LogP contribution in [0.2, 0.25) is 0 Å². The number of halogens is 3. The molecular weight excluding hydrogens is 423 g/mol. The Morgan fingerprint density at radius 2 is 1.62 bits per heavy atom. The Hall–Kier alpha value is -2.65. The molecule has 0 bridgehead atoms. The first kappa shape index (κ1) is 21.1. The van der Waals surface area contributed by atoms with E-state index in [0.717, 1.165) is 24.3 Å². The molecule has 0 saturated heterocycles. The third kappa shape index (κ3) is 4.86. The molecule has 2 aromatic carbocycles. The van der Waals surface area contributed by atoms with Crippen molar-refractivity contribution < 1.29 is 26.4 Å². The molecule has 3 aromatic rings. The highest BCUT2D eigenvalue weighted by atomic mass is 32.2. The van der Waals surface area contributed by atoms with Crippen LogP contribution in [0.1, 0.15) is 26.0 Å². The monoisotopic (exact) mass is 439 g/mol. The molecule has 1 atom stereocenters. The molecule has 1 aromatic heterocycles. The molecule has 152 valence electrons. The second kappa shape index (κ2) is 8.38. The highest BCUT2D eigenvalue weighted by Gasteiger charge is 2.31. The van der Waals surface area contributed by atoms with Crippen molar-refractivity contribution in [1.82, 2.24) is 5.32 Å². The maximum Gasteiger partial charge on any atom is 0.416 e. The molecule has 0 unspecified atom stereocenters. The van der Waals surface area contributed by atoms with Crippen LogP contribution in [-0.4, -0.2) is 20.9 Å². The summed E-state index contributed by atoms with van der Waals surface area (Å²) in [5.74, 6) is -0.649. The number of benzene rings is 2. The van der Waals surface area contributed by atoms with Crippen molar-refractivity contribution in [2.24, 2.45) is 0 Å². The normalized spacial score (nSPS) is 13.1. The molecule has 0 saturated carbocycles. The van der Waals surface area contributed by atoms with E-state index in [1.54, 1.807) is 35.7 Å². The Bertz CT molecular complexity index is 1060. The Morgan fingerprint density at radius 3 is 2.17 bits per heavy atom. The fourth-order valence-corrected chi connectivity index (χ4v) is 5.52. The summed E-state index contributed by atoms with van der Waals surface area (Å²) in [4.78, 5) is 13.0. The van der Waals surface area contributed by atoms with Crippen LogP contribution in [-0.2, 0) is 16.0 Å². The maximum absolute atomic E-state index is 13.1. The summed E-state index contributed by atoms with van der Waals surface area (Å²) in [6, 6.07) is 15.0. The van der Waals surface area contributed by atoms with E-state index in [9.17, 15) is 26.4 Å². The summed E-state index contributed by atoms with van der Waals surface area (Å²) in [5, 5.41) is 3.25. The average Bonchev–Trinajstić information content (AvgIpc) is 3.22. The smallest absolute Gasteiger partial charge is 0.350 e. The summed E-state index contributed by atoms with van der Waals surface area (Å²) in [6.45, 7) is -0.211. The number of alkyl halides is 3. The average molecular weight is 439 g/mol. The van der Waals surface area contributed by atoms with Crippen LogP contribution in [0.5, 0.6) is 0 Å². The van der Waals surface area contributed by atoms with Gasteiger partial charge in [-0.1, -0.05) is 24.3 Å². The first-order valence-electron chi connectivity index (χ1n) is 8.47. The lowest BCUT2D eigenvalue weighted by Gasteiger charge is -2.17. The summed E-state index contributed by atoms with van der Waals surface area (Å²) < 4.78 is 64.1. The van der Waals surface area contributed by atoms with Crippen molar-refractivity contribution in [2.75, 3.05) is 6.54 Å². The zero-order valence-corrected chi connectivity index (χ0v) is 16.5. The van der Waals surface area contributed by atoms with Crippen molar-refractivity contribution in [3.63, 3.8) is 0 Å². The standard InChI is InChI=1S/C20H16F3NO3S2/c21-20(22,23)15-10-8-14(9-11-15)19(25)24-13-18(17-7-4-12-28-17)29(26,27)16-5-2-1-3-6-16/h1-12,18H,13H2,(H,24,25)/t18-/m1/s1. The number of sulfone groups is 1. The predicted octanol–water partition coefficient (Wildman–Crippen LogP) is 4.71. The molecule has 1 N–H and O–H groups in total. The summed E-state index contributed by atoms with van der Waals surface area (Å²) in [6.07, 6.45) is -4.50. The van der Waals surface area contributed by atoms with Crippen LogP contribution in [0.15, 0.2) is 77.0 Å². The zero-order chi connectivity index (χ0) is 21.1. The first-order chi connectivity index (χ1) is 13.7. The van der Waals surface area contributed by atoms with Gasteiger partial charge in [0.15, 0.2) is 9.84 Å². The Morgan fingerprint density at radius 1 is 0.966 bits per heavy atom. The first-order valence-corrected chi connectivity index (χ1v) is 10.9. The summed E-state index contributed by atoms with van der Waals surface area (Å²) >= 11 is 1.25. The van der Waals surface area contributed by atoms with Gasteiger partial charge in [-0.3, -0.25) is 4.79 Å². The molecule has 29 heavy (non-hydrogen) atoms. The number of amides is 1. The molecule has 0 aliphatic carbocycles. The van der Waals surface area contributed by atoms with Gasteiger partial charge < -0.3 is 5.32 Å². The number of thiophene rings is 1. The van der Waals surface area contributed by atoms with E-state index in [0.29, 0.717) is 4.88 Å². The highest BCUT2D eigenvalue weighted by molar-refractivity contribution is 7.91. The van der Waals surface area contributed by atoms with Crippen molar-refractivity contribution in [3.8, 4) is 0 Å². The minimum atomic E-state index is -4.50. The van der Waals surface area contributed by atoms with Gasteiger partial charge in [-0.05, 0) is 47.8 Å². The lowest BCUT2D eigenvalue weighted by molar-refractivity contribution is -0.137. The Kier molecular flexibility index (Phi) is 6.09. The third-order valence-corrected chi connectivity index (χ3v) is 7.46. The quantitative estimate of drug-likeness (QED) is 0.605. The van der Waals surface area contributed by atoms with Gasteiger partial charge in [0.2, 0.25) is 0 Å². The van der Waals surface area contributed by atoms with Crippen LogP contribution in [0.3, 0.4) is 0 Å². The van der Waals surface area contributed by atoms with Crippen molar-refractivity contribution in [1.29, 1.82) is 0 Å². The van der Waals surface area contributed by atoms with Crippen LogP contribution >= 0.6 is 11.3 Å². The fraction of sp³-hybridized carbons (Fsp3) is 0.150. The van der Waals surface area contributed by atoms with Crippen molar-refractivity contribution >= 4 is 27.1 Å². The van der Waals surface area contributed by atoms with Crippen molar-refractivity contribution in [3.05, 3.63) is 88.1 Å². The van der Waals surface area contributed by atoms with Gasteiger partial charge >= 0.3 is 6.18 Å². The number of hydrogen-bond acceptors (Lipinski definition) is 4. The Labute approximate surface area is 169 Å². The molecule has 0 aliphatic heterocycles. The van der Waals surface area contributed by atoms with E-state index >= 15 is 0 Å². The molecule has 0 radical (unpaired) electrons. The maximum atomic E-state index is 13.1. The minimum absolute atomic E-state index is 0.0139. The van der Waals surface area contributed by atoms with Crippen LogP contribution in [0.25, 0.3) is 0 Å². The van der Waals surface area contributed by atoms with Crippen LogP contribution in [0.4, 0.5) is 13.2 Å². The molecule has 4 nitrogen and oxygen atoms in total. The summed E-state index contributed by atoms with van der Waals surface area (Å²) in [7, 11) is -3.78. The van der Waals surface area contributed by atoms with E-state index in [1.807, 2.05) is 0 Å². The van der Waals surface area contributed by atoms with Gasteiger partial charge in [-0.25, -0.2) is 8.42 Å². The topological polar surface area (TPSA) is 63.2 Å². The van der Waals surface area contributed by atoms with E-state index in [-0.39, 0.29) is 17.0 Å². The van der Waals surface area contributed by atoms with E-state index in [4.69, 9.17) is 0 Å². The van der Waals surface area contributed by atoms with Gasteiger partial charge in [-0.2, -0.15) is 13.2 Å². The molecule has 1 amide bonds. The van der Waals surface area contributed by atoms with E-state index in [1.165, 1.54) is 23.5 Å². The molecule has 3 rings (SSSR count). The number of carbonyl (C=O) groups excluding carboxylic acids is 1. The number of hydrogen-bond donors (Lipinski definition) is 1. The lowest BCUT2D eigenvalue weighted by atomic mass is 10.1. The minimum Gasteiger partial charge on any atom is -0.350 e. The molecule has 0 fully saturated rings. The van der Waals surface area contributed by atoms with Crippen molar-refractivity contribution in [2.45, 2.75) is 16.3 Å². The molecule has 0 spiro atoms. The molecule has 9 heteroatoms. The highest BCUT2D eigenvalue weighted by Crippen LogP contribution is 2.32. The second-order valence-electron chi connectivity index (χ2n) is 6.15. The van der Waals surface area contributed by atoms with Gasteiger partial charge in [-0.15, -0.1) is 11.3 Å². The van der Waals surface area contributed by atoms with Crippen LogP contribution < -0.4 is 5.32 Å². The molecule has 1 heterocycles. The van der Waals surface area contributed by atoms with E-state index < -0.39 is 32.7 Å². The Balaban J connectivity index is 1.80. The second-order valence-corrected chi connectivity index (χ2v) is 9.26. The van der Waals surface area contributed by atoms with Crippen LogP contribution in [0, 0.1) is 0 Å². The third-order valence-electron chi connectivity index (χ3n) is 4.23. The van der Waals surface area contributed by atoms with Gasteiger partial charge in [0, 0.05) is 17.0 Å². The lowest BCUT2D eigenvalue weighted by Crippen LogP contribution is -2.31. The fourth-order valence-electron chi connectivity index (χ4n) is 2.71. The van der Waals surface area contributed by atoms with Gasteiger partial charge in [0.05, 0.1) is 10.5 Å². The summed E-state index contributed by atoms with van der Waals surface area (Å²) in [5.41, 5.74) is -0.850. The number of carbonyl (C=O) groups is 1.